The number of rotatable bonds is 8. The average Bonchev–Trinajstić information content (AvgIpc) is 2.53. The van der Waals surface area contributed by atoms with Gasteiger partial charge in [0.15, 0.2) is 0 Å². The van der Waals surface area contributed by atoms with E-state index in [0.717, 1.165) is 17.2 Å². The average molecular weight is 341 g/mol. The fourth-order valence-corrected chi connectivity index (χ4v) is 2.32. The van der Waals surface area contributed by atoms with Crippen molar-refractivity contribution in [2.45, 2.75) is 34.1 Å². The summed E-state index contributed by atoms with van der Waals surface area (Å²) in [6.07, 6.45) is 0.547. The number of amides is 1. The van der Waals surface area contributed by atoms with E-state index >= 15 is 0 Å². The summed E-state index contributed by atoms with van der Waals surface area (Å²) < 4.78 is 0. The zero-order valence-electron chi connectivity index (χ0n) is 15.4. The normalized spacial score (nSPS) is 10.6. The molecule has 0 saturated heterocycles. The lowest BCUT2D eigenvalue weighted by molar-refractivity contribution is -0.121. The quantitative estimate of drug-likeness (QED) is 0.641. The van der Waals surface area contributed by atoms with E-state index in [-0.39, 0.29) is 5.91 Å². The van der Waals surface area contributed by atoms with Crippen molar-refractivity contribution in [2.75, 3.05) is 23.7 Å². The second-order valence-electron chi connectivity index (χ2n) is 6.58. The largest absolute Gasteiger partial charge is 0.354 e. The van der Waals surface area contributed by atoms with Crippen LogP contribution in [0.2, 0.25) is 0 Å². The summed E-state index contributed by atoms with van der Waals surface area (Å²) in [5.74, 6) is 1.72. The minimum absolute atomic E-state index is 0.0729. The maximum Gasteiger partial charge on any atom is 0.224 e. The molecule has 1 aromatic heterocycles. The van der Waals surface area contributed by atoms with Crippen molar-refractivity contribution in [3.63, 3.8) is 0 Å². The zero-order valence-corrected chi connectivity index (χ0v) is 15.4. The van der Waals surface area contributed by atoms with E-state index in [4.69, 9.17) is 0 Å². The minimum Gasteiger partial charge on any atom is -0.354 e. The van der Waals surface area contributed by atoms with Crippen LogP contribution in [0.5, 0.6) is 0 Å². The highest BCUT2D eigenvalue weighted by Gasteiger charge is 2.05. The van der Waals surface area contributed by atoms with Crippen molar-refractivity contribution < 1.29 is 4.79 Å². The number of anilines is 3. The van der Waals surface area contributed by atoms with E-state index in [9.17, 15) is 4.79 Å². The lowest BCUT2D eigenvalue weighted by Crippen LogP contribution is -2.29. The Hall–Kier alpha value is -2.63. The van der Waals surface area contributed by atoms with Crippen LogP contribution in [0.25, 0.3) is 0 Å². The minimum atomic E-state index is 0.0729. The predicted octanol–water partition coefficient (Wildman–Crippen LogP) is 3.41. The van der Waals surface area contributed by atoms with Crippen molar-refractivity contribution in [2.24, 2.45) is 5.92 Å². The standard InChI is InChI=1S/C19H27N5O/c1-13(2)11-18(25)20-9-10-21-19-22-15(4)12-17(24-19)23-16-7-5-14(3)6-8-16/h5-8,12-13H,9-11H2,1-4H3,(H,20,25)(H2,21,22,23,24). The van der Waals surface area contributed by atoms with Gasteiger partial charge in [-0.15, -0.1) is 0 Å². The SMILES string of the molecule is Cc1ccc(Nc2cc(C)nc(NCCNC(=O)CC(C)C)n2)cc1. The van der Waals surface area contributed by atoms with E-state index in [0.29, 0.717) is 31.4 Å². The van der Waals surface area contributed by atoms with E-state index in [1.54, 1.807) is 0 Å². The molecule has 0 bridgehead atoms. The molecule has 0 atom stereocenters. The van der Waals surface area contributed by atoms with Gasteiger partial charge in [0.1, 0.15) is 5.82 Å². The highest BCUT2D eigenvalue weighted by Crippen LogP contribution is 2.17. The number of nitrogens with one attached hydrogen (secondary N) is 3. The number of carbonyl (C=O) groups excluding carboxylic acids is 1. The number of hydrogen-bond donors (Lipinski definition) is 3. The number of hydrogen-bond acceptors (Lipinski definition) is 5. The summed E-state index contributed by atoms with van der Waals surface area (Å²) in [5, 5.41) is 9.32. The Bertz CT molecular complexity index is 697. The lowest BCUT2D eigenvalue weighted by atomic mass is 10.1. The van der Waals surface area contributed by atoms with Gasteiger partial charge in [0.2, 0.25) is 11.9 Å². The van der Waals surface area contributed by atoms with Crippen LogP contribution < -0.4 is 16.0 Å². The zero-order chi connectivity index (χ0) is 18.2. The summed E-state index contributed by atoms with van der Waals surface area (Å²) in [4.78, 5) is 20.5. The molecule has 1 heterocycles. The molecule has 6 nitrogen and oxygen atoms in total. The second-order valence-corrected chi connectivity index (χ2v) is 6.58. The fraction of sp³-hybridized carbons (Fsp3) is 0.421. The van der Waals surface area contributed by atoms with Gasteiger partial charge in [0, 0.05) is 37.0 Å². The van der Waals surface area contributed by atoms with E-state index in [1.807, 2.05) is 39.0 Å². The molecule has 1 aromatic carbocycles. The second kappa shape index (κ2) is 9.01. The summed E-state index contributed by atoms with van der Waals surface area (Å²) in [6.45, 7) is 9.17. The number of carbonyl (C=O) groups is 1. The maximum absolute atomic E-state index is 11.6. The van der Waals surface area contributed by atoms with Crippen molar-refractivity contribution in [1.29, 1.82) is 0 Å². The number of benzene rings is 1. The molecule has 0 aliphatic rings. The van der Waals surface area contributed by atoms with Crippen LogP contribution in [0.4, 0.5) is 17.5 Å². The summed E-state index contributed by atoms with van der Waals surface area (Å²) >= 11 is 0. The summed E-state index contributed by atoms with van der Waals surface area (Å²) in [7, 11) is 0. The Morgan fingerprint density at radius 1 is 1.08 bits per heavy atom. The van der Waals surface area contributed by atoms with Crippen LogP contribution in [0.15, 0.2) is 30.3 Å². The van der Waals surface area contributed by atoms with E-state index in [1.165, 1.54) is 5.56 Å². The molecule has 0 spiro atoms. The van der Waals surface area contributed by atoms with Crippen molar-refractivity contribution in [1.82, 2.24) is 15.3 Å². The van der Waals surface area contributed by atoms with Crippen LogP contribution in [0, 0.1) is 19.8 Å². The van der Waals surface area contributed by atoms with Crippen LogP contribution in [-0.4, -0.2) is 29.0 Å². The van der Waals surface area contributed by atoms with Gasteiger partial charge in [-0.05, 0) is 31.9 Å². The lowest BCUT2D eigenvalue weighted by Gasteiger charge is -2.11. The number of aromatic nitrogens is 2. The predicted molar refractivity (Wildman–Crippen MR) is 102 cm³/mol. The van der Waals surface area contributed by atoms with Gasteiger partial charge < -0.3 is 16.0 Å². The molecule has 6 heteroatoms. The van der Waals surface area contributed by atoms with Gasteiger partial charge in [0.25, 0.3) is 0 Å². The molecule has 134 valence electrons. The highest BCUT2D eigenvalue weighted by atomic mass is 16.1. The molecule has 2 rings (SSSR count). The number of aryl methyl sites for hydroxylation is 2. The first-order valence-electron chi connectivity index (χ1n) is 8.62. The molecule has 0 saturated carbocycles. The molecule has 0 aliphatic heterocycles. The van der Waals surface area contributed by atoms with Gasteiger partial charge in [-0.1, -0.05) is 31.5 Å². The van der Waals surface area contributed by atoms with Crippen LogP contribution >= 0.6 is 0 Å². The van der Waals surface area contributed by atoms with Gasteiger partial charge in [-0.3, -0.25) is 4.79 Å². The molecule has 25 heavy (non-hydrogen) atoms. The third-order valence-electron chi connectivity index (χ3n) is 3.50. The monoisotopic (exact) mass is 341 g/mol. The van der Waals surface area contributed by atoms with Crippen molar-refractivity contribution >= 4 is 23.4 Å². The molecule has 1 amide bonds. The van der Waals surface area contributed by atoms with Gasteiger partial charge >= 0.3 is 0 Å². The van der Waals surface area contributed by atoms with Gasteiger partial charge in [-0.25, -0.2) is 4.98 Å². The molecule has 0 unspecified atom stereocenters. The molecule has 2 aromatic rings. The van der Waals surface area contributed by atoms with Crippen molar-refractivity contribution in [3.8, 4) is 0 Å². The number of nitrogens with zero attached hydrogens (tertiary/aromatic N) is 2. The van der Waals surface area contributed by atoms with Gasteiger partial charge in [0.05, 0.1) is 0 Å². The first-order chi connectivity index (χ1) is 11.9. The Balaban J connectivity index is 1.88. The van der Waals surface area contributed by atoms with Crippen LogP contribution in [-0.2, 0) is 4.79 Å². The van der Waals surface area contributed by atoms with Crippen LogP contribution in [0.1, 0.15) is 31.5 Å². The first kappa shape index (κ1) is 18.7. The maximum atomic E-state index is 11.6. The first-order valence-corrected chi connectivity index (χ1v) is 8.62. The Morgan fingerprint density at radius 2 is 1.80 bits per heavy atom. The smallest absolute Gasteiger partial charge is 0.224 e. The Morgan fingerprint density at radius 3 is 2.48 bits per heavy atom. The third kappa shape index (κ3) is 6.79. The molecule has 0 radical (unpaired) electrons. The Labute approximate surface area is 149 Å². The summed E-state index contributed by atoms with van der Waals surface area (Å²) in [5.41, 5.74) is 3.07. The van der Waals surface area contributed by atoms with E-state index in [2.05, 4.69) is 45.0 Å². The third-order valence-corrected chi connectivity index (χ3v) is 3.50. The molecular weight excluding hydrogens is 314 g/mol. The molecule has 0 fully saturated rings. The topological polar surface area (TPSA) is 78.9 Å². The summed E-state index contributed by atoms with van der Waals surface area (Å²) in [6, 6.07) is 10.0. The molecule has 3 N–H and O–H groups in total. The highest BCUT2D eigenvalue weighted by molar-refractivity contribution is 5.76. The van der Waals surface area contributed by atoms with Crippen molar-refractivity contribution in [3.05, 3.63) is 41.6 Å². The Kier molecular flexibility index (Phi) is 6.74. The van der Waals surface area contributed by atoms with E-state index < -0.39 is 0 Å². The van der Waals surface area contributed by atoms with Crippen LogP contribution in [0.3, 0.4) is 0 Å². The molecule has 0 aliphatic carbocycles. The van der Waals surface area contributed by atoms with Gasteiger partial charge in [-0.2, -0.15) is 4.98 Å². The molecular formula is C19H27N5O. The fourth-order valence-electron chi connectivity index (χ4n) is 2.32.